The number of guanidine groups is 1. The van der Waals surface area contributed by atoms with Crippen LogP contribution in [0.5, 0.6) is 0 Å². The Hall–Kier alpha value is -2.71. The molecule has 0 aromatic heterocycles. The average molecular weight is 622 g/mol. The summed E-state index contributed by atoms with van der Waals surface area (Å²) in [4.78, 5) is 28.4. The second-order valence-corrected chi connectivity index (χ2v) is 15.2. The topological polar surface area (TPSA) is 175 Å². The summed E-state index contributed by atoms with van der Waals surface area (Å²) >= 11 is 0. The van der Waals surface area contributed by atoms with Crippen LogP contribution in [0.2, 0.25) is 0 Å². The molecule has 1 amide bonds. The molecule has 1 heterocycles. The Labute approximate surface area is 256 Å². The molecule has 1 saturated heterocycles. The van der Waals surface area contributed by atoms with Gasteiger partial charge in [-0.1, -0.05) is 58.7 Å². The van der Waals surface area contributed by atoms with Crippen LogP contribution in [-0.2, 0) is 23.9 Å². The van der Waals surface area contributed by atoms with Gasteiger partial charge < -0.3 is 20.4 Å². The Bertz CT molecular complexity index is 1280. The highest BCUT2D eigenvalue weighted by Gasteiger charge is 2.68. The molecule has 3 aliphatic carbocycles. The van der Waals surface area contributed by atoms with Crippen LogP contribution in [0, 0.1) is 39.2 Å². The molecule has 0 radical (unpaired) electrons. The van der Waals surface area contributed by atoms with E-state index < -0.39 is 51.1 Å². The van der Waals surface area contributed by atoms with Crippen molar-refractivity contribution in [3.8, 4) is 0 Å². The van der Waals surface area contributed by atoms with Crippen molar-refractivity contribution in [3.63, 3.8) is 0 Å². The summed E-state index contributed by atoms with van der Waals surface area (Å²) in [5.41, 5.74) is 7.01. The van der Waals surface area contributed by atoms with E-state index >= 15 is 0 Å². The van der Waals surface area contributed by atoms with Crippen LogP contribution < -0.4 is 16.5 Å². The Morgan fingerprint density at radius 3 is 2.51 bits per heavy atom. The van der Waals surface area contributed by atoms with E-state index in [1.54, 1.807) is 23.6 Å². The number of benzene rings is 1. The highest BCUT2D eigenvalue weighted by atomic mass is 32.2. The molecule has 6 atom stereocenters. The van der Waals surface area contributed by atoms with Gasteiger partial charge in [-0.05, 0) is 74.3 Å². The Morgan fingerprint density at radius 2 is 1.91 bits per heavy atom. The number of carbonyl (C=O) groups is 1. The maximum absolute atomic E-state index is 13.8. The number of nitrogens with zero attached hydrogens (tertiary/aromatic N) is 2. The van der Waals surface area contributed by atoms with Crippen molar-refractivity contribution in [1.29, 1.82) is 0 Å². The van der Waals surface area contributed by atoms with Gasteiger partial charge in [0.05, 0.1) is 34.2 Å². The highest BCUT2D eigenvalue weighted by molar-refractivity contribution is 7.91. The molecule has 0 spiro atoms. The number of nitro groups is 1. The lowest BCUT2D eigenvalue weighted by atomic mass is 9.43. The molecule has 5 rings (SSSR count). The number of nitrogens with one attached hydrogen (secondary N) is 2. The van der Waals surface area contributed by atoms with Crippen LogP contribution in [0.3, 0.4) is 0 Å². The normalized spacial score (nSPS) is 27.3. The van der Waals surface area contributed by atoms with Crippen molar-refractivity contribution in [3.05, 3.63) is 40.4 Å². The smallest absolute Gasteiger partial charge is 0.404 e. The summed E-state index contributed by atoms with van der Waals surface area (Å²) in [6.45, 7) is 10.9. The number of hydrogen-bond donors (Lipinski definition) is 3. The van der Waals surface area contributed by atoms with Crippen molar-refractivity contribution < 1.29 is 27.6 Å². The van der Waals surface area contributed by atoms with E-state index in [0.29, 0.717) is 24.7 Å². The second-order valence-electron chi connectivity index (χ2n) is 13.2. The van der Waals surface area contributed by atoms with Crippen molar-refractivity contribution in [2.45, 2.75) is 96.7 Å². The summed E-state index contributed by atoms with van der Waals surface area (Å²) in [6, 6.07) is 8.03. The quantitative estimate of drug-likeness (QED) is 0.0745. The minimum Gasteiger partial charge on any atom is -0.404 e. The molecule has 1 aliphatic heterocycles. The van der Waals surface area contributed by atoms with E-state index in [9.17, 15) is 23.3 Å². The minimum absolute atomic E-state index is 0. The van der Waals surface area contributed by atoms with E-state index in [1.165, 1.54) is 12.1 Å². The van der Waals surface area contributed by atoms with Gasteiger partial charge in [0, 0.05) is 6.54 Å². The van der Waals surface area contributed by atoms with E-state index in [0.717, 1.165) is 12.8 Å². The number of hydrazine groups is 1. The summed E-state index contributed by atoms with van der Waals surface area (Å²) in [5, 5.41) is 12.9. The number of nitrogens with two attached hydrogens (primary N) is 1. The van der Waals surface area contributed by atoms with Gasteiger partial charge in [0.25, 0.3) is 5.96 Å². The first-order chi connectivity index (χ1) is 19.6. The maximum atomic E-state index is 13.8. The number of amides is 1. The predicted octanol–water partition coefficient (Wildman–Crippen LogP) is 3.39. The lowest BCUT2D eigenvalue weighted by Crippen LogP contribution is -2.65. The summed E-state index contributed by atoms with van der Waals surface area (Å²) in [5.74, 6) is -1.33. The molecule has 0 unspecified atom stereocenters. The average Bonchev–Trinajstić information content (AvgIpc) is 3.27. The SMILES string of the molecule is C.CC(C)C[C@H](NC(=O)[C@H](CCCN=C(N)N[N+](=O)[O-])CS(=O)(=O)c1ccccc1)B1O[C@@H]2C[C@@H]3C[C@@H](C3(C)C)[C@]2(C)O1. The first-order valence-corrected chi connectivity index (χ1v) is 16.4. The summed E-state index contributed by atoms with van der Waals surface area (Å²) in [7, 11) is -4.41. The first kappa shape index (κ1) is 34.8. The largest absolute Gasteiger partial charge is 0.481 e. The summed E-state index contributed by atoms with van der Waals surface area (Å²) < 4.78 is 39.7. The van der Waals surface area contributed by atoms with Gasteiger partial charge in [-0.2, -0.15) is 0 Å². The number of carbonyl (C=O) groups excluding carboxylic acids is 1. The van der Waals surface area contributed by atoms with E-state index in [-0.39, 0.29) is 48.7 Å². The molecule has 1 aromatic rings. The van der Waals surface area contributed by atoms with Crippen LogP contribution in [0.15, 0.2) is 40.2 Å². The number of sulfone groups is 1. The third-order valence-corrected chi connectivity index (χ3v) is 11.3. The standard InChI is InChI=1S/C28H44BN5O7S.CH4/c1-18(2)14-24(29-40-23-16-20-15-22(27(20,3)4)28(23,5)41-29)32-25(35)19(10-9-13-31-26(30)33-34(36)37)17-42(38,39)21-11-7-6-8-12-21;/h6-8,11-12,18-20,22-24H,9-10,13-17H2,1-5H3,(H,32,35)(H3,30,31,33);1H4/t19-,20+,22+,23-,24+,28+;/m1./s1. The molecule has 43 heavy (non-hydrogen) atoms. The Kier molecular flexibility index (Phi) is 10.9. The number of hydrogen-bond acceptors (Lipinski definition) is 8. The molecule has 3 saturated carbocycles. The van der Waals surface area contributed by atoms with Crippen LogP contribution in [-0.4, -0.2) is 62.4 Å². The predicted molar refractivity (Wildman–Crippen MR) is 166 cm³/mol. The third-order valence-electron chi connectivity index (χ3n) is 9.44. The van der Waals surface area contributed by atoms with Crippen molar-refractivity contribution in [2.75, 3.05) is 12.3 Å². The van der Waals surface area contributed by atoms with Gasteiger partial charge in [0.1, 0.15) is 0 Å². The fraction of sp³-hybridized carbons (Fsp3) is 0.724. The molecule has 4 fully saturated rings. The molecule has 4 aliphatic rings. The number of aliphatic imine (C=N–C) groups is 1. The van der Waals surface area contributed by atoms with E-state index in [1.807, 2.05) is 0 Å². The fourth-order valence-corrected chi connectivity index (χ4v) is 8.67. The maximum Gasteiger partial charge on any atom is 0.481 e. The van der Waals surface area contributed by atoms with Crippen LogP contribution in [0.25, 0.3) is 0 Å². The molecule has 14 heteroatoms. The van der Waals surface area contributed by atoms with Gasteiger partial charge in [-0.15, -0.1) is 0 Å². The van der Waals surface area contributed by atoms with Gasteiger partial charge in [0.2, 0.25) is 5.91 Å². The molecule has 2 bridgehead atoms. The van der Waals surface area contributed by atoms with E-state index in [4.69, 9.17) is 15.0 Å². The molecule has 1 aromatic carbocycles. The molecule has 12 nitrogen and oxygen atoms in total. The van der Waals surface area contributed by atoms with Crippen LogP contribution >= 0.6 is 0 Å². The molecular formula is C29H48BN5O7S. The summed E-state index contributed by atoms with van der Waals surface area (Å²) in [6.07, 6.45) is 3.07. The van der Waals surface area contributed by atoms with E-state index in [2.05, 4.69) is 44.9 Å². The lowest BCUT2D eigenvalue weighted by Gasteiger charge is -2.64. The zero-order chi connectivity index (χ0) is 30.9. The minimum atomic E-state index is -3.78. The monoisotopic (exact) mass is 621 g/mol. The van der Waals surface area contributed by atoms with Crippen molar-refractivity contribution in [1.82, 2.24) is 10.7 Å². The number of rotatable bonds is 13. The van der Waals surface area contributed by atoms with Crippen molar-refractivity contribution in [2.24, 2.45) is 39.8 Å². The van der Waals surface area contributed by atoms with Gasteiger partial charge in [-0.3, -0.25) is 4.79 Å². The van der Waals surface area contributed by atoms with Gasteiger partial charge in [-0.25, -0.2) is 23.5 Å². The molecule has 240 valence electrons. The third kappa shape index (κ3) is 7.69. The molecular weight excluding hydrogens is 573 g/mol. The van der Waals surface area contributed by atoms with Crippen LogP contribution in [0.1, 0.15) is 74.1 Å². The lowest BCUT2D eigenvalue weighted by molar-refractivity contribution is -0.525. The second kappa shape index (κ2) is 13.5. The Morgan fingerprint density at radius 1 is 1.23 bits per heavy atom. The Balaban J connectivity index is 0.00000506. The zero-order valence-electron chi connectivity index (χ0n) is 25.1. The van der Waals surface area contributed by atoms with Crippen LogP contribution in [0.4, 0.5) is 0 Å². The van der Waals surface area contributed by atoms with Gasteiger partial charge in [0.15, 0.2) is 14.9 Å². The zero-order valence-corrected chi connectivity index (χ0v) is 25.9. The van der Waals surface area contributed by atoms with Crippen molar-refractivity contribution >= 4 is 28.8 Å². The fourth-order valence-electron chi connectivity index (χ4n) is 7.06. The molecule has 4 N–H and O–H groups in total. The first-order valence-electron chi connectivity index (χ1n) is 14.8. The van der Waals surface area contributed by atoms with Gasteiger partial charge >= 0.3 is 7.12 Å². The highest BCUT2D eigenvalue weighted by Crippen LogP contribution is 2.65.